The number of imide groups is 1. The van der Waals surface area contributed by atoms with Crippen molar-refractivity contribution in [2.24, 2.45) is 7.05 Å². The molecule has 0 radical (unpaired) electrons. The Bertz CT molecular complexity index is 1390. The Morgan fingerprint density at radius 1 is 1.13 bits per heavy atom. The van der Waals surface area contributed by atoms with Crippen LogP contribution in [-0.2, 0) is 16.6 Å². The third-order valence-corrected chi connectivity index (χ3v) is 5.32. The summed E-state index contributed by atoms with van der Waals surface area (Å²) >= 11 is 0. The number of benzene rings is 1. The number of hydrogen-bond donors (Lipinski definition) is 0. The van der Waals surface area contributed by atoms with Crippen molar-refractivity contribution in [2.75, 3.05) is 6.54 Å². The molecule has 0 spiro atoms. The molecule has 4 rings (SSSR count). The average molecular weight is 411 g/mol. The lowest BCUT2D eigenvalue weighted by atomic mass is 9.95. The number of oxazole rings is 1. The molecule has 0 saturated heterocycles. The van der Waals surface area contributed by atoms with E-state index in [0.29, 0.717) is 22.4 Å². The van der Waals surface area contributed by atoms with Gasteiger partial charge in [-0.1, -0.05) is 12.1 Å². The van der Waals surface area contributed by atoms with Gasteiger partial charge in [-0.2, -0.15) is 15.5 Å². The van der Waals surface area contributed by atoms with Gasteiger partial charge in [0.2, 0.25) is 5.89 Å². The highest BCUT2D eigenvalue weighted by atomic mass is 16.3. The number of rotatable bonds is 3. The molecule has 1 aliphatic heterocycles. The van der Waals surface area contributed by atoms with Crippen molar-refractivity contribution >= 4 is 29.1 Å². The van der Waals surface area contributed by atoms with Crippen LogP contribution in [0.15, 0.2) is 51.5 Å². The van der Waals surface area contributed by atoms with E-state index < -0.39 is 11.8 Å². The molecule has 2 aromatic heterocycles. The third-order valence-electron chi connectivity index (χ3n) is 5.32. The minimum absolute atomic E-state index is 0.0630. The minimum atomic E-state index is -0.589. The van der Waals surface area contributed by atoms with Crippen molar-refractivity contribution in [1.29, 1.82) is 10.5 Å². The highest BCUT2D eigenvalue weighted by molar-refractivity contribution is 6.19. The van der Waals surface area contributed by atoms with Gasteiger partial charge in [0, 0.05) is 31.3 Å². The first-order valence-corrected chi connectivity index (χ1v) is 9.55. The quantitative estimate of drug-likeness (QED) is 0.482. The molecule has 1 aromatic carbocycles. The predicted octanol–water partition coefficient (Wildman–Crippen LogP) is 3.32. The summed E-state index contributed by atoms with van der Waals surface area (Å²) < 4.78 is 7.70. The van der Waals surface area contributed by atoms with E-state index in [4.69, 9.17) is 9.68 Å². The number of carbonyl (C=O) groups excluding carboxylic acids is 2. The summed E-state index contributed by atoms with van der Waals surface area (Å²) in [5.41, 5.74) is 3.91. The molecule has 0 bridgehead atoms. The van der Waals surface area contributed by atoms with Gasteiger partial charge in [-0.05, 0) is 37.1 Å². The Kier molecular flexibility index (Phi) is 4.76. The number of aromatic nitrogens is 2. The summed E-state index contributed by atoms with van der Waals surface area (Å²) in [7, 11) is 1.84. The van der Waals surface area contributed by atoms with Crippen LogP contribution in [0.25, 0.3) is 28.6 Å². The van der Waals surface area contributed by atoms with Gasteiger partial charge >= 0.3 is 0 Å². The number of hydrogen-bond acceptors (Lipinski definition) is 6. The molecular weight excluding hydrogens is 394 g/mol. The lowest BCUT2D eigenvalue weighted by Gasteiger charge is -2.25. The van der Waals surface area contributed by atoms with Gasteiger partial charge in [0.25, 0.3) is 11.8 Å². The first kappa shape index (κ1) is 19.9. The van der Waals surface area contributed by atoms with Gasteiger partial charge in [-0.25, -0.2) is 0 Å². The van der Waals surface area contributed by atoms with E-state index in [2.05, 4.69) is 11.1 Å². The molecule has 0 saturated carbocycles. The Morgan fingerprint density at radius 2 is 1.84 bits per heavy atom. The topological polar surface area (TPSA) is 116 Å². The molecule has 3 aromatic rings. The number of amides is 2. The zero-order chi connectivity index (χ0) is 22.3. The molecule has 2 amide bonds. The van der Waals surface area contributed by atoms with Gasteiger partial charge in [0.05, 0.1) is 17.3 Å². The first-order chi connectivity index (χ1) is 14.9. The van der Waals surface area contributed by atoms with Crippen molar-refractivity contribution in [2.45, 2.75) is 13.8 Å². The fourth-order valence-electron chi connectivity index (χ4n) is 3.60. The molecule has 8 heteroatoms. The maximum atomic E-state index is 12.8. The molecule has 8 nitrogen and oxygen atoms in total. The number of nitriles is 2. The summed E-state index contributed by atoms with van der Waals surface area (Å²) in [6.45, 7) is 3.40. The molecule has 0 N–H and O–H groups in total. The van der Waals surface area contributed by atoms with E-state index in [1.807, 2.05) is 35.9 Å². The number of likely N-dealkylation sites (N-methyl/N-ethyl adjacent to an activating group) is 1. The van der Waals surface area contributed by atoms with Crippen LogP contribution >= 0.6 is 0 Å². The van der Waals surface area contributed by atoms with Gasteiger partial charge < -0.3 is 8.98 Å². The Labute approximate surface area is 177 Å². The molecule has 0 unspecified atom stereocenters. The van der Waals surface area contributed by atoms with Crippen molar-refractivity contribution in [3.8, 4) is 23.4 Å². The van der Waals surface area contributed by atoms with Crippen molar-refractivity contribution in [3.63, 3.8) is 0 Å². The second kappa shape index (κ2) is 7.43. The van der Waals surface area contributed by atoms with E-state index >= 15 is 0 Å². The minimum Gasteiger partial charge on any atom is -0.435 e. The molecule has 0 fully saturated rings. The molecule has 0 atom stereocenters. The predicted molar refractivity (Wildman–Crippen MR) is 112 cm³/mol. The summed E-state index contributed by atoms with van der Waals surface area (Å²) in [6.07, 6.45) is 1.46. The average Bonchev–Trinajstić information content (AvgIpc) is 3.30. The highest BCUT2D eigenvalue weighted by Gasteiger charge is 2.34. The summed E-state index contributed by atoms with van der Waals surface area (Å²) in [5, 5.41) is 18.3. The third kappa shape index (κ3) is 3.11. The summed E-state index contributed by atoms with van der Waals surface area (Å²) in [4.78, 5) is 30.6. The molecule has 152 valence electrons. The normalized spacial score (nSPS) is 15.6. The van der Waals surface area contributed by atoms with Gasteiger partial charge in [-0.3, -0.25) is 14.5 Å². The summed E-state index contributed by atoms with van der Waals surface area (Å²) in [6, 6.07) is 13.0. The SMILES string of the molecule is CCN1C(=O)C(C#N)=C(C)/C(=C/c2nc3c(cc(-c4ccc(C#N)cc4)n3C)o2)C1=O. The number of carbonyl (C=O) groups is 2. The maximum absolute atomic E-state index is 12.8. The molecule has 1 aliphatic rings. The molecule has 31 heavy (non-hydrogen) atoms. The van der Waals surface area contributed by atoms with Gasteiger partial charge in [0.15, 0.2) is 11.2 Å². The van der Waals surface area contributed by atoms with Crippen LogP contribution in [0.2, 0.25) is 0 Å². The fourth-order valence-corrected chi connectivity index (χ4v) is 3.60. The van der Waals surface area contributed by atoms with Crippen molar-refractivity contribution < 1.29 is 14.0 Å². The van der Waals surface area contributed by atoms with E-state index in [1.54, 1.807) is 26.0 Å². The monoisotopic (exact) mass is 411 g/mol. The van der Waals surface area contributed by atoms with E-state index in [-0.39, 0.29) is 23.6 Å². The first-order valence-electron chi connectivity index (χ1n) is 9.55. The molecule has 3 heterocycles. The number of nitrogens with zero attached hydrogens (tertiary/aromatic N) is 5. The molecule has 0 aliphatic carbocycles. The maximum Gasteiger partial charge on any atom is 0.271 e. The second-order valence-corrected chi connectivity index (χ2v) is 7.04. The van der Waals surface area contributed by atoms with Crippen LogP contribution in [0.3, 0.4) is 0 Å². The van der Waals surface area contributed by atoms with Crippen LogP contribution in [0, 0.1) is 22.7 Å². The largest absolute Gasteiger partial charge is 0.435 e. The van der Waals surface area contributed by atoms with Crippen LogP contribution in [0.4, 0.5) is 0 Å². The van der Waals surface area contributed by atoms with E-state index in [1.165, 1.54) is 6.08 Å². The van der Waals surface area contributed by atoms with Crippen LogP contribution in [0.5, 0.6) is 0 Å². The van der Waals surface area contributed by atoms with Gasteiger partial charge in [-0.15, -0.1) is 0 Å². The van der Waals surface area contributed by atoms with Crippen molar-refractivity contribution in [1.82, 2.24) is 14.5 Å². The zero-order valence-corrected chi connectivity index (χ0v) is 17.1. The second-order valence-electron chi connectivity index (χ2n) is 7.04. The van der Waals surface area contributed by atoms with E-state index in [0.717, 1.165) is 16.2 Å². The number of fused-ring (bicyclic) bond motifs is 1. The lowest BCUT2D eigenvalue weighted by molar-refractivity contribution is -0.140. The smallest absolute Gasteiger partial charge is 0.271 e. The van der Waals surface area contributed by atoms with Crippen molar-refractivity contribution in [3.05, 3.63) is 58.5 Å². The lowest BCUT2D eigenvalue weighted by Crippen LogP contribution is -2.42. The Balaban J connectivity index is 1.77. The van der Waals surface area contributed by atoms with Crippen LogP contribution < -0.4 is 0 Å². The zero-order valence-electron chi connectivity index (χ0n) is 17.1. The van der Waals surface area contributed by atoms with Crippen LogP contribution in [-0.4, -0.2) is 32.8 Å². The highest BCUT2D eigenvalue weighted by Crippen LogP contribution is 2.30. The van der Waals surface area contributed by atoms with Gasteiger partial charge in [0.1, 0.15) is 11.6 Å². The fraction of sp³-hybridized carbons (Fsp3) is 0.174. The Hall–Kier alpha value is -4.43. The van der Waals surface area contributed by atoms with Crippen LogP contribution in [0.1, 0.15) is 25.3 Å². The Morgan fingerprint density at radius 3 is 2.42 bits per heavy atom. The standard InChI is InChI=1S/C23H17N5O3/c1-4-28-22(29)16(13(2)17(12-25)23(28)30)9-20-26-21-19(31-20)10-18(27(21)3)15-7-5-14(11-24)6-8-15/h5-10H,4H2,1-3H3/b16-9-. The van der Waals surface area contributed by atoms with E-state index in [9.17, 15) is 14.9 Å². The summed E-state index contributed by atoms with van der Waals surface area (Å²) in [5.74, 6) is -0.865. The molecular formula is C23H17N5O3. The number of aryl methyl sites for hydroxylation is 1.